The average Bonchev–Trinajstić information content (AvgIpc) is 3.07. The van der Waals surface area contributed by atoms with Gasteiger partial charge in [-0.3, -0.25) is 9.59 Å². The second-order valence-electron chi connectivity index (χ2n) is 10.7. The number of pyridine rings is 1. The first kappa shape index (κ1) is 20.0. The molecule has 1 aliphatic heterocycles. The van der Waals surface area contributed by atoms with Crippen LogP contribution in [0.15, 0.2) is 29.1 Å². The SMILES string of the molecule is CC(C)CCNC(=O)c1cc2c([nH]c1=O)CC13CC4(CNC4C1(O)C2)c1ccc(O)cc13. The lowest BCUT2D eigenvalue weighted by Gasteiger charge is -2.57. The fourth-order valence-corrected chi connectivity index (χ4v) is 7.09. The number of phenolic OH excluding ortho intramolecular Hbond substituents is 1. The number of benzene rings is 1. The molecule has 7 heteroatoms. The van der Waals surface area contributed by atoms with Crippen LogP contribution in [-0.4, -0.2) is 45.8 Å². The van der Waals surface area contributed by atoms with E-state index in [0.717, 1.165) is 36.2 Å². The zero-order valence-corrected chi connectivity index (χ0v) is 18.4. The molecule has 1 saturated heterocycles. The number of fused-ring (bicyclic) bond motifs is 3. The first-order valence-corrected chi connectivity index (χ1v) is 11.5. The summed E-state index contributed by atoms with van der Waals surface area (Å²) >= 11 is 0. The van der Waals surface area contributed by atoms with Crippen LogP contribution in [0.1, 0.15) is 59.4 Å². The van der Waals surface area contributed by atoms with E-state index in [1.165, 1.54) is 5.56 Å². The van der Waals surface area contributed by atoms with Gasteiger partial charge in [0.2, 0.25) is 0 Å². The van der Waals surface area contributed by atoms with Crippen molar-refractivity contribution in [1.29, 1.82) is 0 Å². The van der Waals surface area contributed by atoms with E-state index in [2.05, 4.69) is 29.5 Å². The zero-order valence-electron chi connectivity index (χ0n) is 18.4. The maximum atomic E-state index is 12.8. The van der Waals surface area contributed by atoms with Crippen LogP contribution < -0.4 is 16.2 Å². The molecule has 2 bridgehead atoms. The van der Waals surface area contributed by atoms with Gasteiger partial charge in [-0.2, -0.15) is 0 Å². The Morgan fingerprint density at radius 1 is 1.25 bits per heavy atom. The Bertz CT molecular complexity index is 1220. The molecule has 4 atom stereocenters. The molecule has 32 heavy (non-hydrogen) atoms. The fraction of sp³-hybridized carbons (Fsp3) is 0.520. The molecule has 4 unspecified atom stereocenters. The van der Waals surface area contributed by atoms with Crippen molar-refractivity contribution in [3.63, 3.8) is 0 Å². The molecular weight excluding hydrogens is 406 g/mol. The molecule has 0 radical (unpaired) electrons. The van der Waals surface area contributed by atoms with Crippen molar-refractivity contribution in [2.45, 2.75) is 62.0 Å². The Morgan fingerprint density at radius 2 is 2.06 bits per heavy atom. The maximum absolute atomic E-state index is 12.8. The van der Waals surface area contributed by atoms with Gasteiger partial charge >= 0.3 is 0 Å². The summed E-state index contributed by atoms with van der Waals surface area (Å²) in [4.78, 5) is 28.4. The average molecular weight is 436 g/mol. The summed E-state index contributed by atoms with van der Waals surface area (Å²) in [7, 11) is 0. The molecule has 4 aliphatic rings. The van der Waals surface area contributed by atoms with Gasteiger partial charge in [0, 0.05) is 48.5 Å². The molecule has 1 aromatic carbocycles. The summed E-state index contributed by atoms with van der Waals surface area (Å²) in [5, 5.41) is 28.6. The van der Waals surface area contributed by atoms with Crippen LogP contribution in [0.4, 0.5) is 0 Å². The summed E-state index contributed by atoms with van der Waals surface area (Å²) < 4.78 is 0. The number of hydrogen-bond acceptors (Lipinski definition) is 5. The molecule has 2 aromatic rings. The van der Waals surface area contributed by atoms with E-state index in [1.807, 2.05) is 6.07 Å². The van der Waals surface area contributed by atoms with Gasteiger partial charge < -0.3 is 25.8 Å². The summed E-state index contributed by atoms with van der Waals surface area (Å²) in [6.07, 6.45) is 2.49. The van der Waals surface area contributed by atoms with Gasteiger partial charge in [0.15, 0.2) is 0 Å². The first-order chi connectivity index (χ1) is 15.2. The summed E-state index contributed by atoms with van der Waals surface area (Å²) in [5.74, 6) is 0.286. The molecule has 7 nitrogen and oxygen atoms in total. The lowest BCUT2D eigenvalue weighted by Crippen LogP contribution is -2.74. The minimum atomic E-state index is -1.04. The van der Waals surface area contributed by atoms with Gasteiger partial charge in [-0.05, 0) is 53.6 Å². The van der Waals surface area contributed by atoms with Gasteiger partial charge in [-0.25, -0.2) is 0 Å². The zero-order chi connectivity index (χ0) is 22.5. The Balaban J connectivity index is 1.41. The number of carbonyl (C=O) groups excluding carboxylic acids is 1. The van der Waals surface area contributed by atoms with Crippen LogP contribution in [0, 0.1) is 5.92 Å². The highest BCUT2D eigenvalue weighted by molar-refractivity contribution is 5.94. The van der Waals surface area contributed by atoms with Crippen molar-refractivity contribution in [3.8, 4) is 5.75 Å². The van der Waals surface area contributed by atoms with E-state index >= 15 is 0 Å². The standard InChI is InChI=1S/C25H29N3O4/c1-13(2)5-6-26-20(30)16-7-14-9-25(32)22-23(12-27-22)11-24(25,10-19(14)28-21(16)31)18-8-15(29)3-4-17(18)23/h3-4,7-8,13,22,27,29,32H,5-6,9-12H2,1-2H3,(H,26,30)(H,28,31). The molecule has 2 spiro atoms. The van der Waals surface area contributed by atoms with E-state index in [1.54, 1.807) is 18.2 Å². The van der Waals surface area contributed by atoms with Gasteiger partial charge in [0.05, 0.1) is 5.60 Å². The highest BCUT2D eigenvalue weighted by Crippen LogP contribution is 2.70. The van der Waals surface area contributed by atoms with Crippen molar-refractivity contribution >= 4 is 5.91 Å². The summed E-state index contributed by atoms with van der Waals surface area (Å²) in [6, 6.07) is 7.11. The second-order valence-corrected chi connectivity index (χ2v) is 10.7. The summed E-state index contributed by atoms with van der Waals surface area (Å²) in [6.45, 7) is 5.50. The number of hydrogen-bond donors (Lipinski definition) is 5. The normalized spacial score (nSPS) is 33.2. The maximum Gasteiger partial charge on any atom is 0.261 e. The van der Waals surface area contributed by atoms with Crippen LogP contribution >= 0.6 is 0 Å². The molecule has 1 aromatic heterocycles. The molecule has 1 saturated carbocycles. The number of amides is 1. The van der Waals surface area contributed by atoms with E-state index in [0.29, 0.717) is 25.3 Å². The molecular formula is C25H29N3O4. The van der Waals surface area contributed by atoms with Gasteiger partial charge in [-0.15, -0.1) is 0 Å². The van der Waals surface area contributed by atoms with E-state index < -0.39 is 16.6 Å². The van der Waals surface area contributed by atoms with Gasteiger partial charge in [0.1, 0.15) is 11.3 Å². The number of phenols is 1. The predicted molar refractivity (Wildman–Crippen MR) is 119 cm³/mol. The molecule has 3 aliphatic carbocycles. The van der Waals surface area contributed by atoms with Crippen LogP contribution in [0.3, 0.4) is 0 Å². The smallest absolute Gasteiger partial charge is 0.261 e. The van der Waals surface area contributed by atoms with E-state index in [4.69, 9.17) is 0 Å². The van der Waals surface area contributed by atoms with Crippen molar-refractivity contribution in [1.82, 2.24) is 15.6 Å². The number of H-pyrrole nitrogens is 1. The quantitative estimate of drug-likeness (QED) is 0.496. The van der Waals surface area contributed by atoms with Crippen LogP contribution in [-0.2, 0) is 23.7 Å². The monoisotopic (exact) mass is 435 g/mol. The van der Waals surface area contributed by atoms with Crippen molar-refractivity contribution in [3.05, 3.63) is 62.6 Å². The third kappa shape index (κ3) is 2.28. The number of aromatic nitrogens is 1. The largest absolute Gasteiger partial charge is 0.508 e. The number of aliphatic hydroxyl groups is 1. The third-order valence-corrected chi connectivity index (χ3v) is 8.56. The highest BCUT2D eigenvalue weighted by atomic mass is 16.3. The predicted octanol–water partition coefficient (Wildman–Crippen LogP) is 1.25. The number of aromatic hydroxyl groups is 1. The Kier molecular flexibility index (Phi) is 3.90. The Morgan fingerprint density at radius 3 is 2.78 bits per heavy atom. The minimum Gasteiger partial charge on any atom is -0.508 e. The molecule has 5 N–H and O–H groups in total. The number of aromatic amines is 1. The van der Waals surface area contributed by atoms with Crippen molar-refractivity contribution < 1.29 is 15.0 Å². The third-order valence-electron chi connectivity index (χ3n) is 8.56. The van der Waals surface area contributed by atoms with Gasteiger partial charge in [0.25, 0.3) is 11.5 Å². The lowest BCUT2D eigenvalue weighted by atomic mass is 9.56. The lowest BCUT2D eigenvalue weighted by molar-refractivity contribution is -0.0717. The molecule has 1 amide bonds. The Hall–Kier alpha value is -2.64. The van der Waals surface area contributed by atoms with Crippen LogP contribution in [0.5, 0.6) is 5.75 Å². The molecule has 6 rings (SSSR count). The van der Waals surface area contributed by atoms with E-state index in [9.17, 15) is 19.8 Å². The minimum absolute atomic E-state index is 0.0737. The summed E-state index contributed by atoms with van der Waals surface area (Å²) in [5.41, 5.74) is 1.78. The molecule has 2 heterocycles. The van der Waals surface area contributed by atoms with Crippen molar-refractivity contribution in [2.24, 2.45) is 5.92 Å². The first-order valence-electron chi connectivity index (χ1n) is 11.5. The fourth-order valence-electron chi connectivity index (χ4n) is 7.09. The molecule has 2 fully saturated rings. The topological polar surface area (TPSA) is 114 Å². The number of rotatable bonds is 4. The second kappa shape index (κ2) is 6.23. The van der Waals surface area contributed by atoms with Crippen LogP contribution in [0.2, 0.25) is 0 Å². The van der Waals surface area contributed by atoms with Gasteiger partial charge in [-0.1, -0.05) is 19.9 Å². The number of carbonyl (C=O) groups is 1. The van der Waals surface area contributed by atoms with Crippen molar-refractivity contribution in [2.75, 3.05) is 13.1 Å². The van der Waals surface area contributed by atoms with Crippen LogP contribution in [0.25, 0.3) is 0 Å². The Labute approximate surface area is 186 Å². The van der Waals surface area contributed by atoms with E-state index in [-0.39, 0.29) is 28.7 Å². The highest BCUT2D eigenvalue weighted by Gasteiger charge is 2.78. The molecule has 168 valence electrons. The number of nitrogens with one attached hydrogen (secondary N) is 3.